The summed E-state index contributed by atoms with van der Waals surface area (Å²) in [5.41, 5.74) is 1.04. The standard InChI is InChI=1S/C29H45N3O4S/c1-11-36-27(35)19(4)17-21(18(2)3)32(10)26(34)23(28(5,6)7)30-24(33)22-29(8,9)37-25(31-22)20-15-13-12-14-16-20/h12-18,21-23,25,31H,11H2,1-10H3,(H,30,33)/t21-,22-,23-,25?/m1/s1. The molecule has 1 saturated heterocycles. The largest absolute Gasteiger partial charge is 0.463 e. The van der Waals surface area contributed by atoms with Crippen LogP contribution in [0, 0.1) is 11.3 Å². The van der Waals surface area contributed by atoms with Crippen LogP contribution in [0.3, 0.4) is 0 Å². The summed E-state index contributed by atoms with van der Waals surface area (Å²) in [6.07, 6.45) is 1.78. The number of rotatable bonds is 9. The number of benzene rings is 1. The lowest BCUT2D eigenvalue weighted by Crippen LogP contribution is -2.60. The molecule has 37 heavy (non-hydrogen) atoms. The Balaban J connectivity index is 2.27. The third-order valence-corrected chi connectivity index (χ3v) is 8.18. The van der Waals surface area contributed by atoms with Gasteiger partial charge in [0.1, 0.15) is 12.1 Å². The number of carbonyl (C=O) groups excluding carboxylic acids is 3. The van der Waals surface area contributed by atoms with Gasteiger partial charge < -0.3 is 15.0 Å². The first-order chi connectivity index (χ1) is 17.1. The lowest BCUT2D eigenvalue weighted by molar-refractivity contribution is -0.141. The van der Waals surface area contributed by atoms with Crippen molar-refractivity contribution in [2.45, 2.75) is 90.6 Å². The van der Waals surface area contributed by atoms with Gasteiger partial charge in [0.05, 0.1) is 18.0 Å². The number of thioether (sulfide) groups is 1. The van der Waals surface area contributed by atoms with E-state index >= 15 is 0 Å². The quantitative estimate of drug-likeness (QED) is 0.355. The summed E-state index contributed by atoms with van der Waals surface area (Å²) in [6.45, 7) is 17.7. The first kappa shape index (κ1) is 30.9. The molecule has 1 heterocycles. The van der Waals surface area contributed by atoms with Crippen molar-refractivity contribution in [2.75, 3.05) is 13.7 Å². The van der Waals surface area contributed by atoms with Crippen LogP contribution in [0.1, 0.15) is 73.3 Å². The Hall–Kier alpha value is -2.32. The van der Waals surface area contributed by atoms with Crippen LogP contribution in [0.5, 0.6) is 0 Å². The van der Waals surface area contributed by atoms with Crippen LogP contribution in [0.15, 0.2) is 42.0 Å². The second-order valence-corrected chi connectivity index (χ2v) is 13.4. The van der Waals surface area contributed by atoms with Gasteiger partial charge in [-0.05, 0) is 44.6 Å². The van der Waals surface area contributed by atoms with Gasteiger partial charge >= 0.3 is 5.97 Å². The zero-order valence-electron chi connectivity index (χ0n) is 24.0. The van der Waals surface area contributed by atoms with E-state index in [9.17, 15) is 14.4 Å². The van der Waals surface area contributed by atoms with Crippen LogP contribution in [-0.2, 0) is 19.1 Å². The Labute approximate surface area is 227 Å². The second kappa shape index (κ2) is 12.5. The minimum atomic E-state index is -0.749. The number of nitrogens with zero attached hydrogens (tertiary/aromatic N) is 1. The molecule has 2 amide bonds. The molecule has 1 aliphatic heterocycles. The zero-order chi connectivity index (χ0) is 28.1. The fraction of sp³-hybridized carbons (Fsp3) is 0.621. The summed E-state index contributed by atoms with van der Waals surface area (Å²) in [4.78, 5) is 41.3. The summed E-state index contributed by atoms with van der Waals surface area (Å²) < 4.78 is 4.75. The van der Waals surface area contributed by atoms with E-state index < -0.39 is 23.5 Å². The maximum absolute atomic E-state index is 13.9. The third-order valence-electron chi connectivity index (χ3n) is 6.69. The van der Waals surface area contributed by atoms with E-state index in [4.69, 9.17) is 4.74 Å². The van der Waals surface area contributed by atoms with Crippen LogP contribution < -0.4 is 10.6 Å². The van der Waals surface area contributed by atoms with E-state index in [2.05, 4.69) is 36.6 Å². The normalized spacial score (nSPS) is 21.3. The highest BCUT2D eigenvalue weighted by Gasteiger charge is 2.47. The Morgan fingerprint density at radius 1 is 1.19 bits per heavy atom. The highest BCUT2D eigenvalue weighted by molar-refractivity contribution is 8.01. The molecule has 7 nitrogen and oxygen atoms in total. The smallest absolute Gasteiger partial charge is 0.333 e. The van der Waals surface area contributed by atoms with Gasteiger partial charge in [-0.3, -0.25) is 14.9 Å². The van der Waals surface area contributed by atoms with Gasteiger partial charge in [0, 0.05) is 17.4 Å². The fourth-order valence-corrected chi connectivity index (χ4v) is 5.90. The van der Waals surface area contributed by atoms with Crippen molar-refractivity contribution in [3.05, 3.63) is 47.5 Å². The third kappa shape index (κ3) is 7.84. The van der Waals surface area contributed by atoms with Gasteiger partial charge in [0.15, 0.2) is 0 Å². The Morgan fingerprint density at radius 3 is 2.30 bits per heavy atom. The summed E-state index contributed by atoms with van der Waals surface area (Å²) in [7, 11) is 1.73. The van der Waals surface area contributed by atoms with E-state index in [1.54, 1.807) is 43.6 Å². The molecular weight excluding hydrogens is 486 g/mol. The van der Waals surface area contributed by atoms with Crippen LogP contribution in [-0.4, -0.2) is 59.2 Å². The van der Waals surface area contributed by atoms with Crippen molar-refractivity contribution < 1.29 is 19.1 Å². The van der Waals surface area contributed by atoms with Crippen molar-refractivity contribution in [1.82, 2.24) is 15.5 Å². The molecule has 1 aliphatic rings. The van der Waals surface area contributed by atoms with E-state index in [0.29, 0.717) is 5.57 Å². The summed E-state index contributed by atoms with van der Waals surface area (Å²) >= 11 is 1.71. The predicted molar refractivity (Wildman–Crippen MR) is 151 cm³/mol. The molecule has 0 bridgehead atoms. The number of amides is 2. The molecule has 0 aromatic heterocycles. The van der Waals surface area contributed by atoms with E-state index in [-0.39, 0.29) is 40.5 Å². The number of esters is 1. The minimum Gasteiger partial charge on any atom is -0.463 e. The van der Waals surface area contributed by atoms with Gasteiger partial charge in [0.25, 0.3) is 0 Å². The Bertz CT molecular complexity index is 985. The first-order valence-electron chi connectivity index (χ1n) is 13.0. The maximum Gasteiger partial charge on any atom is 0.333 e. The molecule has 1 aromatic carbocycles. The fourth-order valence-electron chi connectivity index (χ4n) is 4.49. The van der Waals surface area contributed by atoms with Gasteiger partial charge in [-0.1, -0.05) is 71.0 Å². The number of likely N-dealkylation sites (N-methyl/N-ethyl adjacent to an activating group) is 1. The SMILES string of the molecule is CCOC(=O)C(C)=C[C@H](C(C)C)N(C)C(=O)[C@@H](NC(=O)[C@H]1NC(c2ccccc2)SC1(C)C)C(C)(C)C. The lowest BCUT2D eigenvalue weighted by Gasteiger charge is -2.38. The lowest BCUT2D eigenvalue weighted by atomic mass is 9.84. The predicted octanol–water partition coefficient (Wildman–Crippen LogP) is 4.69. The van der Waals surface area contributed by atoms with E-state index in [1.807, 2.05) is 52.8 Å². The molecule has 2 N–H and O–H groups in total. The molecule has 4 atom stereocenters. The van der Waals surface area contributed by atoms with Crippen molar-refractivity contribution in [3.63, 3.8) is 0 Å². The van der Waals surface area contributed by atoms with Crippen LogP contribution in [0.4, 0.5) is 0 Å². The maximum atomic E-state index is 13.9. The highest BCUT2D eigenvalue weighted by atomic mass is 32.2. The molecule has 1 unspecified atom stereocenters. The molecule has 0 spiro atoms. The van der Waals surface area contributed by atoms with Crippen LogP contribution in [0.2, 0.25) is 0 Å². The molecular formula is C29H45N3O4S. The minimum absolute atomic E-state index is 0.0141. The van der Waals surface area contributed by atoms with Gasteiger partial charge in [-0.2, -0.15) is 0 Å². The molecule has 1 fully saturated rings. The average molecular weight is 532 g/mol. The second-order valence-electron chi connectivity index (χ2n) is 11.7. The average Bonchev–Trinajstić information content (AvgIpc) is 3.14. The van der Waals surface area contributed by atoms with Crippen molar-refractivity contribution >= 4 is 29.5 Å². The number of carbonyl (C=O) groups is 3. The van der Waals surface area contributed by atoms with Crippen molar-refractivity contribution in [3.8, 4) is 0 Å². The highest BCUT2D eigenvalue weighted by Crippen LogP contribution is 2.45. The zero-order valence-corrected chi connectivity index (χ0v) is 24.9. The Morgan fingerprint density at radius 2 is 1.78 bits per heavy atom. The van der Waals surface area contributed by atoms with Crippen LogP contribution >= 0.6 is 11.8 Å². The number of ether oxygens (including phenoxy) is 1. The molecule has 0 saturated carbocycles. The summed E-state index contributed by atoms with van der Waals surface area (Å²) in [5.74, 6) is -0.740. The van der Waals surface area contributed by atoms with E-state index in [0.717, 1.165) is 5.56 Å². The number of hydrogen-bond donors (Lipinski definition) is 2. The number of nitrogens with one attached hydrogen (secondary N) is 2. The van der Waals surface area contributed by atoms with Gasteiger partial charge in [0.2, 0.25) is 11.8 Å². The number of hydrogen-bond acceptors (Lipinski definition) is 6. The molecule has 1 aromatic rings. The van der Waals surface area contributed by atoms with Crippen molar-refractivity contribution in [2.24, 2.45) is 11.3 Å². The molecule has 0 radical (unpaired) electrons. The van der Waals surface area contributed by atoms with Gasteiger partial charge in [-0.25, -0.2) is 4.79 Å². The molecule has 2 rings (SSSR count). The van der Waals surface area contributed by atoms with E-state index in [1.165, 1.54) is 0 Å². The van der Waals surface area contributed by atoms with Gasteiger partial charge in [-0.15, -0.1) is 11.8 Å². The molecule has 0 aliphatic carbocycles. The Kier molecular flexibility index (Phi) is 10.4. The molecule has 206 valence electrons. The van der Waals surface area contributed by atoms with Crippen LogP contribution in [0.25, 0.3) is 0 Å². The first-order valence-corrected chi connectivity index (χ1v) is 13.9. The van der Waals surface area contributed by atoms with Crippen molar-refractivity contribution in [1.29, 1.82) is 0 Å². The topological polar surface area (TPSA) is 87.7 Å². The summed E-state index contributed by atoms with van der Waals surface area (Å²) in [6, 6.07) is 8.50. The molecule has 8 heteroatoms. The monoisotopic (exact) mass is 531 g/mol. The summed E-state index contributed by atoms with van der Waals surface area (Å²) in [5, 5.41) is 6.54.